The van der Waals surface area contributed by atoms with Crippen LogP contribution < -0.4 is 19.5 Å². The van der Waals surface area contributed by atoms with Gasteiger partial charge in [0.15, 0.2) is 11.5 Å². The first-order valence-corrected chi connectivity index (χ1v) is 11.0. The Hall–Kier alpha value is -3.49. The number of carbonyl (C=O) groups excluding carboxylic acids is 1. The molecule has 0 aromatic heterocycles. The van der Waals surface area contributed by atoms with Crippen molar-refractivity contribution in [3.8, 4) is 11.5 Å². The van der Waals surface area contributed by atoms with Crippen molar-refractivity contribution in [2.24, 2.45) is 0 Å². The lowest BCUT2D eigenvalue weighted by Crippen LogP contribution is -2.13. The number of benzene rings is 3. The lowest BCUT2D eigenvalue weighted by Gasteiger charge is -2.09. The predicted molar refractivity (Wildman–Crippen MR) is 119 cm³/mol. The Labute approximate surface area is 184 Å². The van der Waals surface area contributed by atoms with Crippen LogP contribution in [0.4, 0.5) is 11.4 Å². The molecule has 158 valence electrons. The number of anilines is 2. The smallest absolute Gasteiger partial charge is 0.261 e. The second-order valence-corrected chi connectivity index (χ2v) is 8.69. The van der Waals surface area contributed by atoms with Gasteiger partial charge in [-0.25, -0.2) is 8.42 Å². The van der Waals surface area contributed by atoms with E-state index in [0.717, 1.165) is 5.56 Å². The van der Waals surface area contributed by atoms with Crippen molar-refractivity contribution in [2.45, 2.75) is 4.90 Å². The highest BCUT2D eigenvalue weighted by Crippen LogP contribution is 2.32. The zero-order valence-electron chi connectivity index (χ0n) is 16.0. The molecule has 0 unspecified atom stereocenters. The fraction of sp³-hybridized carbons (Fsp3) is 0.0455. The molecule has 0 saturated heterocycles. The van der Waals surface area contributed by atoms with Gasteiger partial charge in [0.1, 0.15) is 0 Å². The minimum atomic E-state index is -3.76. The van der Waals surface area contributed by atoms with Gasteiger partial charge in [0.25, 0.3) is 10.0 Å². The maximum Gasteiger partial charge on any atom is 0.261 e. The van der Waals surface area contributed by atoms with E-state index >= 15 is 0 Å². The Morgan fingerprint density at radius 3 is 2.32 bits per heavy atom. The molecule has 1 heterocycles. The van der Waals surface area contributed by atoms with Crippen molar-refractivity contribution in [2.75, 3.05) is 16.8 Å². The first kappa shape index (κ1) is 20.8. The topological polar surface area (TPSA) is 93.7 Å². The van der Waals surface area contributed by atoms with Crippen molar-refractivity contribution in [3.63, 3.8) is 0 Å². The third-order valence-electron chi connectivity index (χ3n) is 4.35. The van der Waals surface area contributed by atoms with E-state index in [1.165, 1.54) is 30.3 Å². The fourth-order valence-electron chi connectivity index (χ4n) is 2.82. The SMILES string of the molecule is O=C(/C=C/c1ccc2c(c1)OCO2)Nc1ccc(S(=O)(=O)Nc2ccc(Cl)cc2)cc1. The minimum Gasteiger partial charge on any atom is -0.454 e. The highest BCUT2D eigenvalue weighted by molar-refractivity contribution is 7.92. The van der Waals surface area contributed by atoms with Gasteiger partial charge in [-0.1, -0.05) is 17.7 Å². The summed E-state index contributed by atoms with van der Waals surface area (Å²) < 4.78 is 38.0. The van der Waals surface area contributed by atoms with Crippen molar-refractivity contribution < 1.29 is 22.7 Å². The second kappa shape index (κ2) is 8.71. The summed E-state index contributed by atoms with van der Waals surface area (Å²) in [6.45, 7) is 0.184. The van der Waals surface area contributed by atoms with E-state index in [1.807, 2.05) is 6.07 Å². The molecule has 1 aliphatic heterocycles. The van der Waals surface area contributed by atoms with Gasteiger partial charge in [-0.15, -0.1) is 0 Å². The average molecular weight is 457 g/mol. The number of hydrogen-bond donors (Lipinski definition) is 2. The zero-order valence-corrected chi connectivity index (χ0v) is 17.6. The molecule has 1 amide bonds. The van der Waals surface area contributed by atoms with E-state index in [0.29, 0.717) is 27.9 Å². The summed E-state index contributed by atoms with van der Waals surface area (Å²) in [7, 11) is -3.76. The van der Waals surface area contributed by atoms with Crippen LogP contribution in [0.3, 0.4) is 0 Å². The zero-order chi connectivity index (χ0) is 21.8. The van der Waals surface area contributed by atoms with Crippen LogP contribution >= 0.6 is 11.6 Å². The summed E-state index contributed by atoms with van der Waals surface area (Å²) in [4.78, 5) is 12.2. The van der Waals surface area contributed by atoms with Crippen molar-refractivity contribution >= 4 is 45.0 Å². The Kier molecular flexibility index (Phi) is 5.83. The van der Waals surface area contributed by atoms with Crippen LogP contribution in [0.5, 0.6) is 11.5 Å². The summed E-state index contributed by atoms with van der Waals surface area (Å²) in [6, 6.07) is 17.5. The first-order valence-electron chi connectivity index (χ1n) is 9.16. The molecule has 0 atom stereocenters. The van der Waals surface area contributed by atoms with Gasteiger partial charge in [-0.05, 0) is 72.3 Å². The molecule has 9 heteroatoms. The molecule has 2 N–H and O–H groups in total. The molecule has 0 bridgehead atoms. The van der Waals surface area contributed by atoms with Gasteiger partial charge in [0.2, 0.25) is 12.7 Å². The molecule has 0 saturated carbocycles. The summed E-state index contributed by atoms with van der Waals surface area (Å²) in [5.74, 6) is 0.946. The molecule has 0 spiro atoms. The number of nitrogens with one attached hydrogen (secondary N) is 2. The maximum atomic E-state index is 12.5. The van der Waals surface area contributed by atoms with Crippen molar-refractivity contribution in [1.29, 1.82) is 0 Å². The van der Waals surface area contributed by atoms with Crippen LogP contribution in [0.1, 0.15) is 5.56 Å². The van der Waals surface area contributed by atoms with E-state index in [-0.39, 0.29) is 17.6 Å². The highest BCUT2D eigenvalue weighted by Gasteiger charge is 2.15. The van der Waals surface area contributed by atoms with Crippen molar-refractivity contribution in [3.05, 3.63) is 83.4 Å². The van der Waals surface area contributed by atoms with Crippen LogP contribution in [-0.2, 0) is 14.8 Å². The van der Waals surface area contributed by atoms with E-state index in [2.05, 4.69) is 10.0 Å². The Morgan fingerprint density at radius 1 is 0.903 bits per heavy atom. The standard InChI is InChI=1S/C22H17ClN2O5S/c23-16-3-5-18(6-4-16)25-31(27,28)19-9-7-17(8-10-19)24-22(26)12-2-15-1-11-20-21(13-15)30-14-29-20/h1-13,25H,14H2,(H,24,26)/b12-2+. The molecule has 0 fully saturated rings. The lowest BCUT2D eigenvalue weighted by atomic mass is 10.2. The van der Waals surface area contributed by atoms with Gasteiger partial charge in [0, 0.05) is 22.5 Å². The Balaban J connectivity index is 1.38. The number of fused-ring (bicyclic) bond motifs is 1. The molecule has 1 aliphatic rings. The largest absolute Gasteiger partial charge is 0.454 e. The number of carbonyl (C=O) groups is 1. The number of hydrogen-bond acceptors (Lipinski definition) is 5. The summed E-state index contributed by atoms with van der Waals surface area (Å²) in [6.07, 6.45) is 3.02. The molecule has 3 aromatic rings. The average Bonchev–Trinajstić information content (AvgIpc) is 3.22. The van der Waals surface area contributed by atoms with E-state index < -0.39 is 10.0 Å². The summed E-state index contributed by atoms with van der Waals surface area (Å²) in [5, 5.41) is 3.20. The van der Waals surface area contributed by atoms with Crippen LogP contribution in [-0.4, -0.2) is 21.1 Å². The van der Waals surface area contributed by atoms with E-state index in [9.17, 15) is 13.2 Å². The highest BCUT2D eigenvalue weighted by atomic mass is 35.5. The number of halogens is 1. The molecule has 0 aliphatic carbocycles. The third kappa shape index (κ3) is 5.17. The second-order valence-electron chi connectivity index (χ2n) is 6.57. The van der Waals surface area contributed by atoms with Gasteiger partial charge < -0.3 is 14.8 Å². The fourth-order valence-corrected chi connectivity index (χ4v) is 4.01. The van der Waals surface area contributed by atoms with Crippen LogP contribution in [0, 0.1) is 0 Å². The number of rotatable bonds is 6. The van der Waals surface area contributed by atoms with E-state index in [1.54, 1.807) is 42.5 Å². The van der Waals surface area contributed by atoms with Gasteiger partial charge >= 0.3 is 0 Å². The molecule has 0 radical (unpaired) electrons. The van der Waals surface area contributed by atoms with E-state index in [4.69, 9.17) is 21.1 Å². The number of ether oxygens (including phenoxy) is 2. The number of sulfonamides is 1. The molecule has 3 aromatic carbocycles. The molecular formula is C22H17ClN2O5S. The van der Waals surface area contributed by atoms with Crippen LogP contribution in [0.2, 0.25) is 5.02 Å². The van der Waals surface area contributed by atoms with Gasteiger partial charge in [-0.2, -0.15) is 0 Å². The molecule has 31 heavy (non-hydrogen) atoms. The summed E-state index contributed by atoms with van der Waals surface area (Å²) >= 11 is 5.81. The van der Waals surface area contributed by atoms with Crippen LogP contribution in [0.15, 0.2) is 77.7 Å². The predicted octanol–water partition coefficient (Wildman–Crippen LogP) is 4.52. The maximum absolute atomic E-state index is 12.5. The quantitative estimate of drug-likeness (QED) is 0.532. The van der Waals surface area contributed by atoms with Crippen LogP contribution in [0.25, 0.3) is 6.08 Å². The first-order chi connectivity index (χ1) is 14.9. The molecular weight excluding hydrogens is 440 g/mol. The summed E-state index contributed by atoms with van der Waals surface area (Å²) in [5.41, 5.74) is 1.65. The minimum absolute atomic E-state index is 0.0661. The Bertz CT molecular complexity index is 1240. The monoisotopic (exact) mass is 456 g/mol. The molecule has 4 rings (SSSR count). The number of amides is 1. The van der Waals surface area contributed by atoms with Gasteiger partial charge in [-0.3, -0.25) is 9.52 Å². The Morgan fingerprint density at radius 2 is 1.58 bits per heavy atom. The lowest BCUT2D eigenvalue weighted by molar-refractivity contribution is -0.111. The third-order valence-corrected chi connectivity index (χ3v) is 6.00. The normalized spacial score (nSPS) is 12.7. The van der Waals surface area contributed by atoms with Gasteiger partial charge in [0.05, 0.1) is 4.90 Å². The van der Waals surface area contributed by atoms with Crippen molar-refractivity contribution in [1.82, 2.24) is 0 Å². The molecule has 7 nitrogen and oxygen atoms in total.